The summed E-state index contributed by atoms with van der Waals surface area (Å²) in [6.07, 6.45) is 0. The first-order valence-electron chi connectivity index (χ1n) is 3.23. The Morgan fingerprint density at radius 1 is 1.00 bits per heavy atom. The van der Waals surface area contributed by atoms with Crippen molar-refractivity contribution >= 4 is 13.2 Å². The Labute approximate surface area is 66.0 Å². The number of hydrogen-bond donors (Lipinski definition) is 0. The van der Waals surface area contributed by atoms with Crippen molar-refractivity contribution in [3.63, 3.8) is 0 Å². The van der Waals surface area contributed by atoms with Crippen molar-refractivity contribution in [3.8, 4) is 0 Å². The topological polar surface area (TPSA) is 0 Å². The molecule has 0 fully saturated rings. The van der Waals surface area contributed by atoms with Crippen LogP contribution in [0.25, 0.3) is 0 Å². The minimum Gasteiger partial charge on any atom is -0.207 e. The molecule has 1 rings (SSSR count). The van der Waals surface area contributed by atoms with Crippen molar-refractivity contribution in [2.45, 2.75) is 0 Å². The third-order valence-corrected chi connectivity index (χ3v) is 2.65. The normalized spacial score (nSPS) is 10.6. The molecule has 1 aromatic rings. The maximum atomic E-state index is 12.6. The Balaban J connectivity index is 3.08. The van der Waals surface area contributed by atoms with Gasteiger partial charge in [0.05, 0.1) is 0 Å². The molecule has 0 aliphatic carbocycles. The fourth-order valence-electron chi connectivity index (χ4n) is 0.797. The highest BCUT2D eigenvalue weighted by Crippen LogP contribution is 2.23. The van der Waals surface area contributed by atoms with E-state index in [-0.39, 0.29) is 0 Å². The van der Waals surface area contributed by atoms with Crippen molar-refractivity contribution in [2.75, 3.05) is 13.3 Å². The van der Waals surface area contributed by atoms with Crippen LogP contribution in [0, 0.1) is 11.6 Å². The highest BCUT2D eigenvalue weighted by atomic mass is 31.1. The molecule has 0 bridgehead atoms. The highest BCUT2D eigenvalue weighted by Gasteiger charge is 2.02. The van der Waals surface area contributed by atoms with Gasteiger partial charge in [0.25, 0.3) is 0 Å². The number of halogens is 2. The summed E-state index contributed by atoms with van der Waals surface area (Å²) in [7, 11) is -0.408. The molecule has 0 aromatic heterocycles. The summed E-state index contributed by atoms with van der Waals surface area (Å²) in [4.78, 5) is 0. The van der Waals surface area contributed by atoms with Gasteiger partial charge in [-0.15, -0.1) is 0 Å². The monoisotopic (exact) mass is 174 g/mol. The fraction of sp³-hybridized carbons (Fsp3) is 0.250. The van der Waals surface area contributed by atoms with Crippen LogP contribution in [0.15, 0.2) is 18.2 Å². The van der Waals surface area contributed by atoms with Crippen LogP contribution in [0.3, 0.4) is 0 Å². The molecule has 0 amide bonds. The first-order valence-corrected chi connectivity index (χ1v) is 5.46. The average Bonchev–Trinajstić information content (AvgIpc) is 1.85. The lowest BCUT2D eigenvalue weighted by Gasteiger charge is -2.04. The van der Waals surface area contributed by atoms with Crippen LogP contribution in [0.4, 0.5) is 8.78 Å². The van der Waals surface area contributed by atoms with Crippen LogP contribution in [-0.4, -0.2) is 13.3 Å². The van der Waals surface area contributed by atoms with Gasteiger partial charge in [-0.1, -0.05) is 7.92 Å². The van der Waals surface area contributed by atoms with Gasteiger partial charge in [-0.25, -0.2) is 8.78 Å². The molecule has 0 atom stereocenters. The van der Waals surface area contributed by atoms with Gasteiger partial charge in [-0.05, 0) is 30.8 Å². The molecule has 0 aliphatic heterocycles. The second kappa shape index (κ2) is 3.27. The van der Waals surface area contributed by atoms with E-state index in [0.29, 0.717) is 0 Å². The maximum absolute atomic E-state index is 12.6. The van der Waals surface area contributed by atoms with Crippen molar-refractivity contribution in [1.82, 2.24) is 0 Å². The Morgan fingerprint density at radius 3 is 1.82 bits per heavy atom. The van der Waals surface area contributed by atoms with Crippen molar-refractivity contribution in [1.29, 1.82) is 0 Å². The smallest absolute Gasteiger partial charge is 0.126 e. The molecule has 0 saturated heterocycles. The highest BCUT2D eigenvalue weighted by molar-refractivity contribution is 7.64. The predicted molar refractivity (Wildman–Crippen MR) is 44.8 cm³/mol. The van der Waals surface area contributed by atoms with Crippen LogP contribution < -0.4 is 5.30 Å². The van der Waals surface area contributed by atoms with Gasteiger partial charge >= 0.3 is 0 Å². The molecule has 11 heavy (non-hydrogen) atoms. The average molecular weight is 174 g/mol. The molecule has 0 unspecified atom stereocenters. The lowest BCUT2D eigenvalue weighted by molar-refractivity contribution is 0.585. The van der Waals surface area contributed by atoms with Gasteiger partial charge in [-0.2, -0.15) is 0 Å². The number of rotatable bonds is 1. The largest absolute Gasteiger partial charge is 0.207 e. The van der Waals surface area contributed by atoms with E-state index in [2.05, 4.69) is 0 Å². The summed E-state index contributed by atoms with van der Waals surface area (Å²) in [5.74, 6) is -0.979. The second-order valence-corrected chi connectivity index (χ2v) is 4.83. The summed E-state index contributed by atoms with van der Waals surface area (Å²) in [5.41, 5.74) is 0. The van der Waals surface area contributed by atoms with Gasteiger partial charge < -0.3 is 0 Å². The van der Waals surface area contributed by atoms with Gasteiger partial charge in [0.15, 0.2) is 0 Å². The molecule has 0 radical (unpaired) electrons. The summed E-state index contributed by atoms with van der Waals surface area (Å²) >= 11 is 0. The lowest BCUT2D eigenvalue weighted by atomic mass is 10.3. The lowest BCUT2D eigenvalue weighted by Crippen LogP contribution is -2.01. The van der Waals surface area contributed by atoms with Crippen molar-refractivity contribution < 1.29 is 8.78 Å². The van der Waals surface area contributed by atoms with Gasteiger partial charge in [-0.3, -0.25) is 0 Å². The Morgan fingerprint density at radius 2 is 1.45 bits per heavy atom. The quantitative estimate of drug-likeness (QED) is 0.573. The molecular formula is C8H9F2P. The van der Waals surface area contributed by atoms with E-state index in [1.807, 2.05) is 13.3 Å². The molecule has 0 spiro atoms. The first-order chi connectivity index (χ1) is 5.09. The van der Waals surface area contributed by atoms with Crippen molar-refractivity contribution in [2.24, 2.45) is 0 Å². The Kier molecular flexibility index (Phi) is 2.56. The molecule has 0 saturated carbocycles. The minimum atomic E-state index is -0.490. The zero-order valence-electron chi connectivity index (χ0n) is 6.44. The van der Waals surface area contributed by atoms with Crippen LogP contribution in [0.5, 0.6) is 0 Å². The standard InChI is InChI=1S/C8H9F2P/c1-11(2)8-4-6(9)3-7(10)5-8/h3-5H,1-2H3. The summed E-state index contributed by atoms with van der Waals surface area (Å²) < 4.78 is 25.1. The third-order valence-electron chi connectivity index (χ3n) is 1.36. The molecule has 0 aliphatic rings. The molecule has 1 aromatic carbocycles. The van der Waals surface area contributed by atoms with Crippen molar-refractivity contribution in [3.05, 3.63) is 29.8 Å². The maximum Gasteiger partial charge on any atom is 0.126 e. The van der Waals surface area contributed by atoms with Crippen LogP contribution in [0.1, 0.15) is 0 Å². The van der Waals surface area contributed by atoms with E-state index in [4.69, 9.17) is 0 Å². The second-order valence-electron chi connectivity index (χ2n) is 2.52. The van der Waals surface area contributed by atoms with Gasteiger partial charge in [0.2, 0.25) is 0 Å². The molecule has 60 valence electrons. The van der Waals surface area contributed by atoms with E-state index >= 15 is 0 Å². The fourth-order valence-corrected chi connectivity index (χ4v) is 1.56. The SMILES string of the molecule is CP(C)c1cc(F)cc(F)c1. The summed E-state index contributed by atoms with van der Waals surface area (Å²) in [6, 6.07) is 3.66. The van der Waals surface area contributed by atoms with E-state index in [1.165, 1.54) is 12.1 Å². The molecule has 3 heteroatoms. The molecule has 0 nitrogen and oxygen atoms in total. The predicted octanol–water partition coefficient (Wildman–Crippen LogP) is 2.33. The zero-order valence-corrected chi connectivity index (χ0v) is 7.33. The number of hydrogen-bond acceptors (Lipinski definition) is 0. The number of benzene rings is 1. The van der Waals surface area contributed by atoms with Gasteiger partial charge in [0, 0.05) is 6.07 Å². The van der Waals surface area contributed by atoms with E-state index in [9.17, 15) is 8.78 Å². The Bertz CT molecular complexity index is 238. The zero-order chi connectivity index (χ0) is 8.43. The molecule has 0 N–H and O–H groups in total. The summed E-state index contributed by atoms with van der Waals surface area (Å²) in [6.45, 7) is 3.92. The van der Waals surface area contributed by atoms with E-state index in [1.54, 1.807) is 0 Å². The van der Waals surface area contributed by atoms with Crippen LogP contribution in [-0.2, 0) is 0 Å². The van der Waals surface area contributed by atoms with Gasteiger partial charge in [0.1, 0.15) is 11.6 Å². The van der Waals surface area contributed by atoms with E-state index < -0.39 is 19.6 Å². The Hall–Kier alpha value is -0.490. The van der Waals surface area contributed by atoms with Crippen LogP contribution in [0.2, 0.25) is 0 Å². The van der Waals surface area contributed by atoms with E-state index in [0.717, 1.165) is 11.4 Å². The minimum absolute atomic E-state index is 0.408. The molecular weight excluding hydrogens is 165 g/mol. The summed E-state index contributed by atoms with van der Waals surface area (Å²) in [5, 5.41) is 0.762. The first kappa shape index (κ1) is 8.61. The third kappa shape index (κ3) is 2.23. The molecule has 0 heterocycles. The van der Waals surface area contributed by atoms with Crippen LogP contribution >= 0.6 is 7.92 Å².